The van der Waals surface area contributed by atoms with Crippen LogP contribution < -0.4 is 10.6 Å². The minimum atomic E-state index is -0.627. The van der Waals surface area contributed by atoms with E-state index in [1.165, 1.54) is 11.3 Å². The Hall–Kier alpha value is -1.92. The standard InChI is InChI=1S/C17H20ClN3O2S/c1-10(2)8-14(16(23)21-17-19-9-11(3)24-17)20-15(22)12-4-6-13(18)7-5-12/h4-7,9-10,14H,8H2,1-3H3,(H,20,22)(H,19,21,23). The van der Waals surface area contributed by atoms with Crippen LogP contribution in [0.15, 0.2) is 30.5 Å². The Bertz CT molecular complexity index is 713. The maximum atomic E-state index is 12.5. The van der Waals surface area contributed by atoms with Crippen LogP contribution in [0.3, 0.4) is 0 Å². The van der Waals surface area contributed by atoms with Crippen molar-refractivity contribution in [2.45, 2.75) is 33.2 Å². The Labute approximate surface area is 150 Å². The maximum absolute atomic E-state index is 12.5. The number of halogens is 1. The largest absolute Gasteiger partial charge is 0.340 e. The lowest BCUT2D eigenvalue weighted by Gasteiger charge is -2.19. The van der Waals surface area contributed by atoms with E-state index in [0.717, 1.165) is 4.88 Å². The fourth-order valence-corrected chi connectivity index (χ4v) is 2.94. The van der Waals surface area contributed by atoms with E-state index in [0.29, 0.717) is 22.1 Å². The first-order valence-corrected chi connectivity index (χ1v) is 8.84. The molecule has 0 aliphatic carbocycles. The molecular formula is C17H20ClN3O2S. The first kappa shape index (κ1) is 18.4. The molecule has 1 heterocycles. The van der Waals surface area contributed by atoms with E-state index in [2.05, 4.69) is 15.6 Å². The van der Waals surface area contributed by atoms with Crippen LogP contribution in [-0.2, 0) is 4.79 Å². The zero-order valence-electron chi connectivity index (χ0n) is 13.8. The van der Waals surface area contributed by atoms with Crippen molar-refractivity contribution in [2.24, 2.45) is 5.92 Å². The molecular weight excluding hydrogens is 346 g/mol. The van der Waals surface area contributed by atoms with Gasteiger partial charge in [-0.2, -0.15) is 0 Å². The fraction of sp³-hybridized carbons (Fsp3) is 0.353. The number of amides is 2. The number of thiazole rings is 1. The van der Waals surface area contributed by atoms with Crippen molar-refractivity contribution >= 4 is 39.9 Å². The number of carbonyl (C=O) groups excluding carboxylic acids is 2. The monoisotopic (exact) mass is 365 g/mol. The lowest BCUT2D eigenvalue weighted by Crippen LogP contribution is -2.44. The van der Waals surface area contributed by atoms with Gasteiger partial charge in [-0.15, -0.1) is 11.3 Å². The molecule has 1 atom stereocenters. The summed E-state index contributed by atoms with van der Waals surface area (Å²) in [5.41, 5.74) is 0.464. The number of nitrogens with zero attached hydrogens (tertiary/aromatic N) is 1. The molecule has 0 aliphatic rings. The van der Waals surface area contributed by atoms with E-state index in [-0.39, 0.29) is 17.7 Å². The van der Waals surface area contributed by atoms with Crippen LogP contribution in [0.25, 0.3) is 0 Å². The molecule has 0 bridgehead atoms. The van der Waals surface area contributed by atoms with Gasteiger partial charge in [0, 0.05) is 21.7 Å². The molecule has 2 aromatic rings. The molecule has 5 nitrogen and oxygen atoms in total. The highest BCUT2D eigenvalue weighted by Crippen LogP contribution is 2.18. The van der Waals surface area contributed by atoms with Crippen LogP contribution >= 0.6 is 22.9 Å². The second-order valence-corrected chi connectivity index (χ2v) is 7.60. The minimum Gasteiger partial charge on any atom is -0.340 e. The minimum absolute atomic E-state index is 0.254. The number of aromatic nitrogens is 1. The summed E-state index contributed by atoms with van der Waals surface area (Å²) in [6, 6.07) is 5.93. The number of hydrogen-bond acceptors (Lipinski definition) is 4. The van der Waals surface area contributed by atoms with Gasteiger partial charge in [-0.25, -0.2) is 4.98 Å². The predicted octanol–water partition coefficient (Wildman–Crippen LogP) is 3.89. The van der Waals surface area contributed by atoms with Gasteiger partial charge in [-0.05, 0) is 43.5 Å². The first-order valence-electron chi connectivity index (χ1n) is 7.65. The number of hydrogen-bond donors (Lipinski definition) is 2. The third-order valence-electron chi connectivity index (χ3n) is 3.29. The third-order valence-corrected chi connectivity index (χ3v) is 4.37. The van der Waals surface area contributed by atoms with Crippen LogP contribution in [0, 0.1) is 12.8 Å². The van der Waals surface area contributed by atoms with Gasteiger partial charge in [0.05, 0.1) is 0 Å². The van der Waals surface area contributed by atoms with E-state index in [4.69, 9.17) is 11.6 Å². The van der Waals surface area contributed by atoms with Gasteiger partial charge in [0.2, 0.25) is 5.91 Å². The van der Waals surface area contributed by atoms with Gasteiger partial charge in [0.25, 0.3) is 5.91 Å². The Morgan fingerprint density at radius 3 is 2.46 bits per heavy atom. The summed E-state index contributed by atoms with van der Waals surface area (Å²) in [7, 11) is 0. The molecule has 0 saturated heterocycles. The average Bonchev–Trinajstić information content (AvgIpc) is 2.91. The molecule has 24 heavy (non-hydrogen) atoms. The van der Waals surface area contributed by atoms with Crippen molar-refractivity contribution in [2.75, 3.05) is 5.32 Å². The number of aryl methyl sites for hydroxylation is 1. The summed E-state index contributed by atoms with van der Waals surface area (Å²) >= 11 is 7.23. The summed E-state index contributed by atoms with van der Waals surface area (Å²) in [4.78, 5) is 30.0. The van der Waals surface area contributed by atoms with Gasteiger partial charge in [0.1, 0.15) is 6.04 Å². The zero-order chi connectivity index (χ0) is 17.7. The van der Waals surface area contributed by atoms with Crippen molar-refractivity contribution in [3.05, 3.63) is 45.9 Å². The van der Waals surface area contributed by atoms with Gasteiger partial charge < -0.3 is 10.6 Å². The second kappa shape index (κ2) is 8.26. The maximum Gasteiger partial charge on any atom is 0.251 e. The Morgan fingerprint density at radius 1 is 1.25 bits per heavy atom. The summed E-state index contributed by atoms with van der Waals surface area (Å²) in [5.74, 6) is -0.313. The second-order valence-electron chi connectivity index (χ2n) is 5.93. The molecule has 0 fully saturated rings. The number of benzene rings is 1. The van der Waals surface area contributed by atoms with Crippen molar-refractivity contribution in [1.82, 2.24) is 10.3 Å². The molecule has 128 valence electrons. The molecule has 0 aliphatic heterocycles. The zero-order valence-corrected chi connectivity index (χ0v) is 15.4. The van der Waals surface area contributed by atoms with E-state index < -0.39 is 6.04 Å². The van der Waals surface area contributed by atoms with Crippen LogP contribution in [0.4, 0.5) is 5.13 Å². The number of rotatable bonds is 6. The highest BCUT2D eigenvalue weighted by Gasteiger charge is 2.23. The van der Waals surface area contributed by atoms with Crippen molar-refractivity contribution in [3.8, 4) is 0 Å². The molecule has 1 unspecified atom stereocenters. The highest BCUT2D eigenvalue weighted by atomic mass is 35.5. The van der Waals surface area contributed by atoms with Gasteiger partial charge in [-0.1, -0.05) is 25.4 Å². The Kier molecular flexibility index (Phi) is 6.34. The molecule has 1 aromatic heterocycles. The van der Waals surface area contributed by atoms with E-state index in [1.54, 1.807) is 30.5 Å². The molecule has 2 rings (SSSR count). The normalized spacial score (nSPS) is 12.0. The lowest BCUT2D eigenvalue weighted by atomic mass is 10.0. The number of nitrogens with one attached hydrogen (secondary N) is 2. The van der Waals surface area contributed by atoms with Gasteiger partial charge >= 0.3 is 0 Å². The number of anilines is 1. The number of carbonyl (C=O) groups is 2. The molecule has 2 amide bonds. The van der Waals surface area contributed by atoms with Crippen LogP contribution in [0.1, 0.15) is 35.5 Å². The van der Waals surface area contributed by atoms with E-state index in [9.17, 15) is 9.59 Å². The summed E-state index contributed by atoms with van der Waals surface area (Å²) in [5, 5.41) is 6.65. The highest BCUT2D eigenvalue weighted by molar-refractivity contribution is 7.15. The lowest BCUT2D eigenvalue weighted by molar-refractivity contribution is -0.118. The molecule has 2 N–H and O–H groups in total. The summed E-state index contributed by atoms with van der Waals surface area (Å²) in [6.07, 6.45) is 2.24. The smallest absolute Gasteiger partial charge is 0.251 e. The third kappa shape index (κ3) is 5.32. The summed E-state index contributed by atoms with van der Waals surface area (Å²) < 4.78 is 0. The van der Waals surface area contributed by atoms with Crippen LogP contribution in [0.5, 0.6) is 0 Å². The SMILES string of the molecule is Cc1cnc(NC(=O)C(CC(C)C)NC(=O)c2ccc(Cl)cc2)s1. The Balaban J connectivity index is 2.07. The molecule has 0 radical (unpaired) electrons. The van der Waals surface area contributed by atoms with Crippen molar-refractivity contribution in [3.63, 3.8) is 0 Å². The van der Waals surface area contributed by atoms with Crippen LogP contribution in [0.2, 0.25) is 5.02 Å². The molecule has 1 aromatic carbocycles. The van der Waals surface area contributed by atoms with Crippen molar-refractivity contribution in [1.29, 1.82) is 0 Å². The fourth-order valence-electron chi connectivity index (χ4n) is 2.15. The topological polar surface area (TPSA) is 71.1 Å². The molecule has 0 spiro atoms. The molecule has 7 heteroatoms. The van der Waals surface area contributed by atoms with Gasteiger partial charge in [-0.3, -0.25) is 9.59 Å². The average molecular weight is 366 g/mol. The van der Waals surface area contributed by atoms with Gasteiger partial charge in [0.15, 0.2) is 5.13 Å². The van der Waals surface area contributed by atoms with Crippen LogP contribution in [-0.4, -0.2) is 22.8 Å². The first-order chi connectivity index (χ1) is 11.3. The summed E-state index contributed by atoms with van der Waals surface area (Å²) in [6.45, 7) is 5.92. The molecule has 0 saturated carbocycles. The Morgan fingerprint density at radius 2 is 1.92 bits per heavy atom. The van der Waals surface area contributed by atoms with E-state index >= 15 is 0 Å². The quantitative estimate of drug-likeness (QED) is 0.815. The predicted molar refractivity (Wildman–Crippen MR) is 97.6 cm³/mol. The van der Waals surface area contributed by atoms with E-state index in [1.807, 2.05) is 20.8 Å². The van der Waals surface area contributed by atoms with Crippen molar-refractivity contribution < 1.29 is 9.59 Å².